The molecule has 2 aliphatic rings. The first kappa shape index (κ1) is 15.0. The van der Waals surface area contributed by atoms with Crippen LogP contribution in [-0.4, -0.2) is 55.9 Å². The van der Waals surface area contributed by atoms with Crippen molar-refractivity contribution in [2.24, 2.45) is 0 Å². The van der Waals surface area contributed by atoms with Crippen molar-refractivity contribution in [2.75, 3.05) is 46.8 Å². The lowest BCUT2D eigenvalue weighted by molar-refractivity contribution is -0.965. The van der Waals surface area contributed by atoms with E-state index in [4.69, 9.17) is 0 Å². The average Bonchev–Trinajstić information content (AvgIpc) is 2.47. The Balaban J connectivity index is 1.53. The number of likely N-dealkylation sites (N-methyl/N-ethyl adjacent to an activating group) is 1. The van der Waals surface area contributed by atoms with Gasteiger partial charge in [-0.05, 0) is 24.8 Å². The fourth-order valence-corrected chi connectivity index (χ4v) is 3.99. The molecule has 0 radical (unpaired) electrons. The molecule has 1 aromatic rings. The first-order chi connectivity index (χ1) is 10.1. The van der Waals surface area contributed by atoms with Crippen LogP contribution in [0.2, 0.25) is 0 Å². The molecule has 3 heteroatoms. The minimum absolute atomic E-state index is 1.08. The quantitative estimate of drug-likeness (QED) is 0.839. The van der Waals surface area contributed by atoms with Crippen LogP contribution < -0.4 is 5.43 Å². The van der Waals surface area contributed by atoms with Crippen LogP contribution in [0, 0.1) is 0 Å². The van der Waals surface area contributed by atoms with Crippen LogP contribution in [0.1, 0.15) is 30.4 Å². The maximum absolute atomic E-state index is 3.82. The van der Waals surface area contributed by atoms with Crippen molar-refractivity contribution in [3.63, 3.8) is 0 Å². The Morgan fingerprint density at radius 3 is 2.43 bits per heavy atom. The Kier molecular flexibility index (Phi) is 4.34. The second-order valence-electron chi connectivity index (χ2n) is 7.56. The summed E-state index contributed by atoms with van der Waals surface area (Å²) < 4.78 is 2.26. The third kappa shape index (κ3) is 3.65. The molecule has 1 atom stereocenters. The number of piperidine rings is 1. The molecule has 0 bridgehead atoms. The van der Waals surface area contributed by atoms with Crippen molar-refractivity contribution in [3.8, 4) is 0 Å². The monoisotopic (exact) mass is 289 g/mol. The van der Waals surface area contributed by atoms with Crippen molar-refractivity contribution < 1.29 is 9.08 Å². The van der Waals surface area contributed by atoms with Gasteiger partial charge >= 0.3 is 0 Å². The van der Waals surface area contributed by atoms with E-state index in [9.17, 15) is 0 Å². The normalized spacial score (nSPS) is 28.1. The van der Waals surface area contributed by atoms with Gasteiger partial charge in [0.1, 0.15) is 6.54 Å². The number of benzene rings is 1. The molecular weight excluding hydrogens is 258 g/mol. The number of nitrogens with zero attached hydrogens (tertiary/aromatic N) is 2. The van der Waals surface area contributed by atoms with Crippen molar-refractivity contribution in [1.82, 2.24) is 5.43 Å². The van der Waals surface area contributed by atoms with Crippen LogP contribution >= 0.6 is 0 Å². The van der Waals surface area contributed by atoms with Gasteiger partial charge in [0, 0.05) is 12.0 Å². The molecule has 1 N–H and O–H groups in total. The summed E-state index contributed by atoms with van der Waals surface area (Å²) in [7, 11) is 4.79. The maximum atomic E-state index is 3.82. The van der Waals surface area contributed by atoms with Crippen molar-refractivity contribution in [1.29, 1.82) is 0 Å². The molecule has 1 saturated heterocycles. The van der Waals surface area contributed by atoms with Crippen LogP contribution in [-0.2, 0) is 13.0 Å². The second kappa shape index (κ2) is 6.07. The van der Waals surface area contributed by atoms with E-state index in [0.717, 1.165) is 11.1 Å². The number of fused-ring (bicyclic) bond motifs is 1. The van der Waals surface area contributed by atoms with Gasteiger partial charge in [-0.15, -0.1) is 0 Å². The van der Waals surface area contributed by atoms with Crippen LogP contribution in [0.3, 0.4) is 0 Å². The lowest BCUT2D eigenvalue weighted by Gasteiger charge is -2.41. The summed E-state index contributed by atoms with van der Waals surface area (Å²) >= 11 is 0. The van der Waals surface area contributed by atoms with Gasteiger partial charge in [-0.1, -0.05) is 24.3 Å². The van der Waals surface area contributed by atoms with Crippen LogP contribution in [0.5, 0.6) is 0 Å². The minimum Gasteiger partial charge on any atom is -0.321 e. The summed E-state index contributed by atoms with van der Waals surface area (Å²) in [5.41, 5.74) is 6.94. The molecule has 1 fully saturated rings. The number of likely N-dealkylation sites (tertiary alicyclic amines) is 1. The van der Waals surface area contributed by atoms with Gasteiger partial charge in [0.25, 0.3) is 0 Å². The second-order valence-corrected chi connectivity index (χ2v) is 7.56. The van der Waals surface area contributed by atoms with E-state index >= 15 is 0 Å². The zero-order valence-electron chi connectivity index (χ0n) is 13.8. The van der Waals surface area contributed by atoms with Gasteiger partial charge < -0.3 is 4.48 Å². The first-order valence-corrected chi connectivity index (χ1v) is 8.59. The highest BCUT2D eigenvalue weighted by Gasteiger charge is 2.30. The molecule has 0 saturated carbocycles. The zero-order chi connectivity index (χ0) is 14.8. The fraction of sp³-hybridized carbons (Fsp3) is 0.667. The average molecular weight is 289 g/mol. The molecule has 0 aromatic heterocycles. The predicted octanol–water partition coefficient (Wildman–Crippen LogP) is 2.32. The van der Waals surface area contributed by atoms with Gasteiger partial charge in [-0.25, -0.2) is 4.59 Å². The predicted molar refractivity (Wildman–Crippen MR) is 87.5 cm³/mol. The molecule has 0 spiro atoms. The number of hydrogen-bond acceptors (Lipinski definition) is 1. The van der Waals surface area contributed by atoms with E-state index in [1.165, 1.54) is 62.9 Å². The van der Waals surface area contributed by atoms with E-state index in [1.807, 2.05) is 0 Å². The molecule has 21 heavy (non-hydrogen) atoms. The largest absolute Gasteiger partial charge is 0.321 e. The molecule has 1 aromatic carbocycles. The van der Waals surface area contributed by atoms with Crippen LogP contribution in [0.15, 0.2) is 24.3 Å². The molecule has 0 aliphatic carbocycles. The highest BCUT2D eigenvalue weighted by atomic mass is 15.6. The summed E-state index contributed by atoms with van der Waals surface area (Å²) in [5.74, 6) is 0. The Bertz CT molecular complexity index is 479. The third-order valence-corrected chi connectivity index (χ3v) is 5.54. The van der Waals surface area contributed by atoms with E-state index in [1.54, 1.807) is 11.1 Å². The van der Waals surface area contributed by atoms with Crippen LogP contribution in [0.25, 0.3) is 0 Å². The molecule has 0 amide bonds. The number of quaternary nitrogens is 2. The molecule has 2 aliphatic heterocycles. The number of rotatable bonds is 4. The number of hydrogen-bond donors (Lipinski definition) is 1. The molecule has 3 nitrogen and oxygen atoms in total. The van der Waals surface area contributed by atoms with E-state index < -0.39 is 0 Å². The highest BCUT2D eigenvalue weighted by Crippen LogP contribution is 2.23. The lowest BCUT2D eigenvalue weighted by atomic mass is 9.98. The third-order valence-electron chi connectivity index (χ3n) is 5.54. The summed E-state index contributed by atoms with van der Waals surface area (Å²) in [6.07, 6.45) is 5.41. The first-order valence-electron chi connectivity index (χ1n) is 8.59. The van der Waals surface area contributed by atoms with Gasteiger partial charge in [0.2, 0.25) is 0 Å². The topological polar surface area (TPSA) is 12.0 Å². The van der Waals surface area contributed by atoms with Crippen molar-refractivity contribution in [2.45, 2.75) is 32.2 Å². The number of nitrogens with one attached hydrogen (secondary N) is 1. The smallest absolute Gasteiger partial charge is 0.104 e. The maximum Gasteiger partial charge on any atom is 0.104 e. The van der Waals surface area contributed by atoms with E-state index in [0.29, 0.717) is 0 Å². The van der Waals surface area contributed by atoms with Gasteiger partial charge in [0.15, 0.2) is 0 Å². The van der Waals surface area contributed by atoms with Crippen molar-refractivity contribution in [3.05, 3.63) is 35.4 Å². The summed E-state index contributed by atoms with van der Waals surface area (Å²) in [6.45, 7) is 7.44. The molecular formula is C18H31N3+2. The van der Waals surface area contributed by atoms with Gasteiger partial charge in [-0.2, -0.15) is 5.43 Å². The van der Waals surface area contributed by atoms with Gasteiger partial charge in [-0.3, -0.25) is 0 Å². The minimum atomic E-state index is 1.08. The summed E-state index contributed by atoms with van der Waals surface area (Å²) in [4.78, 5) is 0. The lowest BCUT2D eigenvalue weighted by Crippen LogP contribution is -2.60. The van der Waals surface area contributed by atoms with E-state index in [2.05, 4.69) is 43.8 Å². The van der Waals surface area contributed by atoms with E-state index in [-0.39, 0.29) is 0 Å². The SMILES string of the molecule is C[N+]1(NCC[N@@+]2(C)CCc3ccccc3C2)CCCCC1. The molecule has 2 heterocycles. The molecule has 3 rings (SSSR count). The van der Waals surface area contributed by atoms with Crippen LogP contribution in [0.4, 0.5) is 0 Å². The fourth-order valence-electron chi connectivity index (χ4n) is 3.99. The van der Waals surface area contributed by atoms with Crippen molar-refractivity contribution >= 4 is 0 Å². The standard InChI is InChI=1S/C18H31N3/c1-20(14-10-17-8-4-5-9-18(17)16-20)15-11-19-21(2)12-6-3-7-13-21/h4-5,8-9,19H,3,6-7,10-16H2,1-2H3/q+2/t20-/m1/s1. The Hall–Kier alpha value is -0.900. The molecule has 116 valence electrons. The summed E-state index contributed by atoms with van der Waals surface area (Å²) in [6, 6.07) is 8.98. The zero-order valence-corrected chi connectivity index (χ0v) is 13.8. The van der Waals surface area contributed by atoms with Gasteiger partial charge in [0.05, 0.1) is 46.8 Å². The Morgan fingerprint density at radius 1 is 0.952 bits per heavy atom. The Morgan fingerprint density at radius 2 is 1.67 bits per heavy atom. The highest BCUT2D eigenvalue weighted by molar-refractivity contribution is 5.27. The summed E-state index contributed by atoms with van der Waals surface area (Å²) in [5, 5.41) is 0. The Labute approximate surface area is 129 Å². The molecule has 0 unspecified atom stereocenters.